The third-order valence-electron chi connectivity index (χ3n) is 3.85. The molecule has 1 N–H and O–H groups in total. The SMILES string of the molecule is CN1CCN(C(=O)CCNC2CC2)C(C)(C)C1=O. The van der Waals surface area contributed by atoms with Crippen LogP contribution >= 0.6 is 0 Å². The fourth-order valence-electron chi connectivity index (χ4n) is 2.46. The second-order valence-corrected chi connectivity index (χ2v) is 5.81. The first-order valence-electron chi connectivity index (χ1n) is 6.72. The van der Waals surface area contributed by atoms with E-state index in [2.05, 4.69) is 5.32 Å². The second-order valence-electron chi connectivity index (χ2n) is 5.81. The summed E-state index contributed by atoms with van der Waals surface area (Å²) in [6.07, 6.45) is 2.94. The van der Waals surface area contributed by atoms with Gasteiger partial charge in [0.25, 0.3) is 0 Å². The van der Waals surface area contributed by atoms with Crippen molar-refractivity contribution in [2.45, 2.75) is 44.7 Å². The normalized spacial score (nSPS) is 23.4. The number of hydrogen-bond acceptors (Lipinski definition) is 3. The number of carbonyl (C=O) groups excluding carboxylic acids is 2. The summed E-state index contributed by atoms with van der Waals surface area (Å²) in [5.74, 6) is 0.104. The molecule has 5 heteroatoms. The number of rotatable bonds is 4. The van der Waals surface area contributed by atoms with Gasteiger partial charge in [-0.3, -0.25) is 9.59 Å². The molecule has 2 amide bonds. The third-order valence-corrected chi connectivity index (χ3v) is 3.85. The van der Waals surface area contributed by atoms with Crippen molar-refractivity contribution >= 4 is 11.8 Å². The maximum atomic E-state index is 12.2. The summed E-state index contributed by atoms with van der Waals surface area (Å²) in [6.45, 7) is 5.65. The van der Waals surface area contributed by atoms with Gasteiger partial charge in [0.15, 0.2) is 0 Å². The monoisotopic (exact) mass is 253 g/mol. The molecule has 18 heavy (non-hydrogen) atoms. The molecule has 0 atom stereocenters. The van der Waals surface area contributed by atoms with Gasteiger partial charge in [0.2, 0.25) is 11.8 Å². The standard InChI is InChI=1S/C13H23N3O2/c1-13(2)12(18)15(3)8-9-16(13)11(17)6-7-14-10-4-5-10/h10,14H,4-9H2,1-3H3. The van der Waals surface area contributed by atoms with Crippen molar-refractivity contribution in [3.05, 3.63) is 0 Å². The highest BCUT2D eigenvalue weighted by Crippen LogP contribution is 2.23. The quantitative estimate of drug-likeness (QED) is 0.779. The van der Waals surface area contributed by atoms with Crippen molar-refractivity contribution in [1.29, 1.82) is 0 Å². The molecule has 0 aromatic rings. The third kappa shape index (κ3) is 2.66. The summed E-state index contributed by atoms with van der Waals surface area (Å²) < 4.78 is 0. The summed E-state index contributed by atoms with van der Waals surface area (Å²) in [7, 11) is 1.79. The summed E-state index contributed by atoms with van der Waals surface area (Å²) in [4.78, 5) is 27.7. The molecular formula is C13H23N3O2. The first-order valence-corrected chi connectivity index (χ1v) is 6.72. The van der Waals surface area contributed by atoms with E-state index in [0.29, 0.717) is 25.6 Å². The van der Waals surface area contributed by atoms with E-state index in [1.807, 2.05) is 13.8 Å². The molecule has 2 aliphatic rings. The number of likely N-dealkylation sites (N-methyl/N-ethyl adjacent to an activating group) is 1. The molecule has 0 aromatic carbocycles. The molecule has 0 unspecified atom stereocenters. The maximum absolute atomic E-state index is 12.2. The molecule has 2 fully saturated rings. The summed E-state index contributed by atoms with van der Waals surface area (Å²) >= 11 is 0. The van der Waals surface area contributed by atoms with Gasteiger partial charge >= 0.3 is 0 Å². The van der Waals surface area contributed by atoms with Crippen LogP contribution in [0.3, 0.4) is 0 Å². The average Bonchev–Trinajstić information content (AvgIpc) is 3.10. The summed E-state index contributed by atoms with van der Waals surface area (Å²) in [5, 5.41) is 3.33. The van der Waals surface area contributed by atoms with E-state index in [-0.39, 0.29) is 11.8 Å². The smallest absolute Gasteiger partial charge is 0.247 e. The lowest BCUT2D eigenvalue weighted by molar-refractivity contribution is -0.157. The zero-order chi connectivity index (χ0) is 13.3. The number of amides is 2. The van der Waals surface area contributed by atoms with Gasteiger partial charge in [-0.25, -0.2) is 0 Å². The van der Waals surface area contributed by atoms with Crippen LogP contribution in [0, 0.1) is 0 Å². The Morgan fingerprint density at radius 1 is 1.39 bits per heavy atom. The zero-order valence-electron chi connectivity index (χ0n) is 11.5. The molecule has 1 heterocycles. The Morgan fingerprint density at radius 2 is 2.06 bits per heavy atom. The van der Waals surface area contributed by atoms with Gasteiger partial charge in [-0.2, -0.15) is 0 Å². The van der Waals surface area contributed by atoms with Crippen molar-refractivity contribution in [2.75, 3.05) is 26.7 Å². The summed E-state index contributed by atoms with van der Waals surface area (Å²) in [5.41, 5.74) is -0.705. The van der Waals surface area contributed by atoms with Crippen molar-refractivity contribution < 1.29 is 9.59 Å². The van der Waals surface area contributed by atoms with Crippen molar-refractivity contribution in [3.8, 4) is 0 Å². The van der Waals surface area contributed by atoms with E-state index in [1.54, 1.807) is 16.8 Å². The Kier molecular flexibility index (Phi) is 3.61. The van der Waals surface area contributed by atoms with Gasteiger partial charge in [0.1, 0.15) is 5.54 Å². The number of piperazine rings is 1. The summed E-state index contributed by atoms with van der Waals surface area (Å²) in [6, 6.07) is 0.625. The van der Waals surface area contributed by atoms with E-state index < -0.39 is 5.54 Å². The molecule has 0 radical (unpaired) electrons. The van der Waals surface area contributed by atoms with Crippen LogP contribution in [-0.2, 0) is 9.59 Å². The number of hydrogen-bond donors (Lipinski definition) is 1. The number of carbonyl (C=O) groups is 2. The number of nitrogens with zero attached hydrogens (tertiary/aromatic N) is 2. The van der Waals surface area contributed by atoms with Crippen molar-refractivity contribution in [1.82, 2.24) is 15.1 Å². The fourth-order valence-corrected chi connectivity index (χ4v) is 2.46. The van der Waals surface area contributed by atoms with E-state index in [1.165, 1.54) is 12.8 Å². The largest absolute Gasteiger partial charge is 0.342 e. The highest BCUT2D eigenvalue weighted by Gasteiger charge is 2.42. The van der Waals surface area contributed by atoms with E-state index in [9.17, 15) is 9.59 Å². The molecule has 2 rings (SSSR count). The lowest BCUT2D eigenvalue weighted by atomic mass is 9.97. The van der Waals surface area contributed by atoms with Crippen LogP contribution in [0.15, 0.2) is 0 Å². The van der Waals surface area contributed by atoms with Gasteiger partial charge in [-0.05, 0) is 26.7 Å². The Morgan fingerprint density at radius 3 is 2.67 bits per heavy atom. The molecule has 102 valence electrons. The van der Waals surface area contributed by atoms with Gasteiger partial charge in [0.05, 0.1) is 0 Å². The van der Waals surface area contributed by atoms with Crippen LogP contribution in [0.25, 0.3) is 0 Å². The van der Waals surface area contributed by atoms with Crippen LogP contribution in [0.5, 0.6) is 0 Å². The van der Waals surface area contributed by atoms with Crippen LogP contribution in [0.1, 0.15) is 33.1 Å². The first kappa shape index (κ1) is 13.3. The van der Waals surface area contributed by atoms with E-state index >= 15 is 0 Å². The molecular weight excluding hydrogens is 230 g/mol. The van der Waals surface area contributed by atoms with Crippen LogP contribution < -0.4 is 5.32 Å². The predicted molar refractivity (Wildman–Crippen MR) is 69.1 cm³/mol. The van der Waals surface area contributed by atoms with Crippen LogP contribution in [0.4, 0.5) is 0 Å². The van der Waals surface area contributed by atoms with Gasteiger partial charge < -0.3 is 15.1 Å². The Balaban J connectivity index is 1.89. The first-order chi connectivity index (χ1) is 8.43. The molecule has 1 saturated carbocycles. The molecule has 1 aliphatic carbocycles. The molecule has 0 bridgehead atoms. The van der Waals surface area contributed by atoms with E-state index in [0.717, 1.165) is 6.54 Å². The lowest BCUT2D eigenvalue weighted by Gasteiger charge is -2.44. The minimum Gasteiger partial charge on any atom is -0.342 e. The van der Waals surface area contributed by atoms with Crippen LogP contribution in [0.2, 0.25) is 0 Å². The Bertz CT molecular complexity index is 350. The van der Waals surface area contributed by atoms with Gasteiger partial charge in [-0.15, -0.1) is 0 Å². The highest BCUT2D eigenvalue weighted by molar-refractivity contribution is 5.91. The minimum atomic E-state index is -0.705. The topological polar surface area (TPSA) is 52.6 Å². The van der Waals surface area contributed by atoms with Crippen molar-refractivity contribution in [2.24, 2.45) is 0 Å². The molecule has 1 aliphatic heterocycles. The molecule has 1 saturated heterocycles. The lowest BCUT2D eigenvalue weighted by Crippen LogP contribution is -2.63. The second kappa shape index (κ2) is 4.88. The van der Waals surface area contributed by atoms with E-state index in [4.69, 9.17) is 0 Å². The Hall–Kier alpha value is -1.10. The van der Waals surface area contributed by atoms with Crippen molar-refractivity contribution in [3.63, 3.8) is 0 Å². The van der Waals surface area contributed by atoms with Gasteiger partial charge in [0, 0.05) is 39.1 Å². The average molecular weight is 253 g/mol. The van der Waals surface area contributed by atoms with Gasteiger partial charge in [-0.1, -0.05) is 0 Å². The molecule has 5 nitrogen and oxygen atoms in total. The highest BCUT2D eigenvalue weighted by atomic mass is 16.2. The number of nitrogens with one attached hydrogen (secondary N) is 1. The fraction of sp³-hybridized carbons (Fsp3) is 0.846. The molecule has 0 aromatic heterocycles. The minimum absolute atomic E-state index is 0.0252. The Labute approximate surface area is 108 Å². The van der Waals surface area contributed by atoms with Crippen LogP contribution in [-0.4, -0.2) is 59.9 Å². The predicted octanol–water partition coefficient (Wildman–Crippen LogP) is 0.208. The maximum Gasteiger partial charge on any atom is 0.247 e. The zero-order valence-corrected chi connectivity index (χ0v) is 11.5. The molecule has 0 spiro atoms.